The Balaban J connectivity index is 1.99. The van der Waals surface area contributed by atoms with Gasteiger partial charge in [0.05, 0.1) is 6.61 Å². The second kappa shape index (κ2) is 6.18. The zero-order valence-corrected chi connectivity index (χ0v) is 13.5. The van der Waals surface area contributed by atoms with Gasteiger partial charge in [-0.2, -0.15) is 4.98 Å². The molecule has 1 aliphatic rings. The highest BCUT2D eigenvalue weighted by atomic mass is 16.6. The van der Waals surface area contributed by atoms with Gasteiger partial charge in [-0.05, 0) is 0 Å². The number of nitrogens with zero attached hydrogens (tertiary/aromatic N) is 3. The molecule has 0 saturated carbocycles. The Morgan fingerprint density at radius 3 is 2.58 bits per heavy atom. The summed E-state index contributed by atoms with van der Waals surface area (Å²) >= 11 is 0. The van der Waals surface area contributed by atoms with Gasteiger partial charge in [0, 0.05) is 5.56 Å². The van der Waals surface area contributed by atoms with Gasteiger partial charge in [0.1, 0.15) is 24.1 Å². The van der Waals surface area contributed by atoms with Gasteiger partial charge in [-0.15, -0.1) is 0 Å². The van der Waals surface area contributed by atoms with E-state index in [1.54, 1.807) is 24.3 Å². The number of aromatic nitrogens is 4. The molecule has 10 heteroatoms. The average molecular weight is 359 g/mol. The first-order valence-electron chi connectivity index (χ1n) is 7.97. The van der Waals surface area contributed by atoms with Crippen molar-refractivity contribution in [2.24, 2.45) is 0 Å². The summed E-state index contributed by atoms with van der Waals surface area (Å²) in [6.07, 6.45) is -4.73. The molecule has 0 bridgehead atoms. The molecule has 10 nitrogen and oxygen atoms in total. The third-order valence-corrected chi connectivity index (χ3v) is 4.37. The van der Waals surface area contributed by atoms with Crippen LogP contribution in [0.5, 0.6) is 0 Å². The Morgan fingerprint density at radius 1 is 1.19 bits per heavy atom. The molecular weight excluding hydrogens is 342 g/mol. The molecule has 136 valence electrons. The maximum absolute atomic E-state index is 12.2. The van der Waals surface area contributed by atoms with Gasteiger partial charge >= 0.3 is 0 Å². The fraction of sp³-hybridized carbons (Fsp3) is 0.312. The number of hydrogen-bond acceptors (Lipinski definition) is 8. The van der Waals surface area contributed by atoms with Crippen LogP contribution in [0, 0.1) is 0 Å². The number of nitrogens with two attached hydrogens (primary N) is 1. The number of anilines is 1. The number of imidazole rings is 1. The van der Waals surface area contributed by atoms with Crippen LogP contribution in [0.25, 0.3) is 22.6 Å². The Labute approximate surface area is 146 Å². The van der Waals surface area contributed by atoms with Crippen molar-refractivity contribution in [3.63, 3.8) is 0 Å². The van der Waals surface area contributed by atoms with E-state index in [2.05, 4.69) is 15.0 Å². The number of benzene rings is 1. The summed E-state index contributed by atoms with van der Waals surface area (Å²) in [6, 6.07) is 8.96. The minimum Gasteiger partial charge on any atom is -0.394 e. The van der Waals surface area contributed by atoms with Crippen molar-refractivity contribution < 1.29 is 20.1 Å². The number of aliphatic hydroxyl groups excluding tert-OH is 3. The highest BCUT2D eigenvalue weighted by Crippen LogP contribution is 2.35. The van der Waals surface area contributed by atoms with Gasteiger partial charge in [-0.1, -0.05) is 30.3 Å². The quantitative estimate of drug-likeness (QED) is 0.397. The number of rotatable bonds is 3. The summed E-state index contributed by atoms with van der Waals surface area (Å²) < 4.78 is 7.03. The minimum atomic E-state index is -1.35. The molecule has 1 aliphatic heterocycles. The number of fused-ring (bicyclic) bond motifs is 1. The van der Waals surface area contributed by atoms with E-state index in [1.807, 2.05) is 6.07 Å². The van der Waals surface area contributed by atoms with E-state index in [4.69, 9.17) is 10.5 Å². The molecule has 3 heterocycles. The number of nitrogen functional groups attached to an aromatic ring is 1. The lowest BCUT2D eigenvalue weighted by atomic mass is 10.1. The minimum absolute atomic E-state index is 0.0239. The van der Waals surface area contributed by atoms with Crippen LogP contribution in [0.1, 0.15) is 6.23 Å². The predicted molar refractivity (Wildman–Crippen MR) is 91.0 cm³/mol. The first kappa shape index (κ1) is 16.7. The molecule has 4 unspecified atom stereocenters. The van der Waals surface area contributed by atoms with E-state index in [0.29, 0.717) is 11.4 Å². The summed E-state index contributed by atoms with van der Waals surface area (Å²) in [4.78, 5) is 23.1. The molecule has 4 rings (SSSR count). The van der Waals surface area contributed by atoms with Crippen LogP contribution in [0.2, 0.25) is 0 Å². The summed E-state index contributed by atoms with van der Waals surface area (Å²) in [5.74, 6) is 0.203. The largest absolute Gasteiger partial charge is 0.394 e. The van der Waals surface area contributed by atoms with Crippen molar-refractivity contribution in [1.29, 1.82) is 0 Å². The third kappa shape index (κ3) is 2.47. The SMILES string of the molecule is Nc1nc2c(nc(-c3ccccc3)n2C2OC(CO)C(O)C2O)c(=O)[nH]1. The summed E-state index contributed by atoms with van der Waals surface area (Å²) in [5.41, 5.74) is 5.91. The molecule has 0 spiro atoms. The number of hydrogen-bond donors (Lipinski definition) is 5. The van der Waals surface area contributed by atoms with Crippen LogP contribution >= 0.6 is 0 Å². The van der Waals surface area contributed by atoms with Gasteiger partial charge in [0.15, 0.2) is 17.4 Å². The van der Waals surface area contributed by atoms with Crippen LogP contribution in [-0.4, -0.2) is 59.8 Å². The fourth-order valence-corrected chi connectivity index (χ4v) is 3.13. The van der Waals surface area contributed by atoms with E-state index < -0.39 is 36.7 Å². The van der Waals surface area contributed by atoms with Crippen molar-refractivity contribution in [1.82, 2.24) is 19.5 Å². The first-order chi connectivity index (χ1) is 12.5. The summed E-state index contributed by atoms with van der Waals surface area (Å²) in [5, 5.41) is 29.9. The molecule has 0 aliphatic carbocycles. The molecule has 1 saturated heterocycles. The average Bonchev–Trinajstić information content (AvgIpc) is 3.14. The lowest BCUT2D eigenvalue weighted by Gasteiger charge is -2.19. The van der Waals surface area contributed by atoms with E-state index >= 15 is 0 Å². The Kier molecular flexibility index (Phi) is 3.96. The first-order valence-corrected chi connectivity index (χ1v) is 7.97. The molecule has 4 atom stereocenters. The maximum atomic E-state index is 12.2. The second-order valence-electron chi connectivity index (χ2n) is 6.02. The molecule has 1 fully saturated rings. The Hall–Kier alpha value is -2.79. The normalized spacial score (nSPS) is 25.8. The van der Waals surface area contributed by atoms with Gasteiger partial charge < -0.3 is 25.8 Å². The van der Waals surface area contributed by atoms with Crippen LogP contribution in [-0.2, 0) is 4.74 Å². The molecule has 6 N–H and O–H groups in total. The Bertz CT molecular complexity index is 1000. The topological polar surface area (TPSA) is 160 Å². The van der Waals surface area contributed by atoms with Crippen molar-refractivity contribution in [3.05, 3.63) is 40.7 Å². The lowest BCUT2D eigenvalue weighted by molar-refractivity contribution is -0.0503. The third-order valence-electron chi connectivity index (χ3n) is 4.37. The molecule has 0 radical (unpaired) electrons. The zero-order valence-electron chi connectivity index (χ0n) is 13.5. The number of aliphatic hydroxyl groups is 3. The fourth-order valence-electron chi connectivity index (χ4n) is 3.13. The van der Waals surface area contributed by atoms with Gasteiger partial charge in [0.2, 0.25) is 5.95 Å². The maximum Gasteiger partial charge on any atom is 0.280 e. The number of aromatic amines is 1. The second-order valence-corrected chi connectivity index (χ2v) is 6.02. The van der Waals surface area contributed by atoms with Crippen molar-refractivity contribution in [2.75, 3.05) is 12.3 Å². The predicted octanol–water partition coefficient (Wildman–Crippen LogP) is -1.02. The van der Waals surface area contributed by atoms with Crippen LogP contribution in [0.15, 0.2) is 35.1 Å². The summed E-state index contributed by atoms with van der Waals surface area (Å²) in [6.45, 7) is -0.474. The van der Waals surface area contributed by atoms with E-state index in [9.17, 15) is 20.1 Å². The van der Waals surface area contributed by atoms with Crippen molar-refractivity contribution in [3.8, 4) is 11.4 Å². The molecular formula is C16H17N5O5. The lowest BCUT2D eigenvalue weighted by Crippen LogP contribution is -2.33. The highest BCUT2D eigenvalue weighted by Gasteiger charge is 2.45. The van der Waals surface area contributed by atoms with Gasteiger partial charge in [-0.3, -0.25) is 14.3 Å². The standard InChI is InChI=1S/C16H17N5O5/c17-16-19-13-9(14(25)20-16)18-12(7-4-2-1-3-5-7)21(13)15-11(24)10(23)8(6-22)26-15/h1-5,8,10-11,15,22-24H,6H2,(H3,17,19,20,25). The van der Waals surface area contributed by atoms with Crippen LogP contribution < -0.4 is 11.3 Å². The van der Waals surface area contributed by atoms with Crippen LogP contribution in [0.3, 0.4) is 0 Å². The molecule has 2 aromatic heterocycles. The van der Waals surface area contributed by atoms with Crippen molar-refractivity contribution >= 4 is 17.1 Å². The van der Waals surface area contributed by atoms with E-state index in [1.165, 1.54) is 4.57 Å². The van der Waals surface area contributed by atoms with Gasteiger partial charge in [0.25, 0.3) is 5.56 Å². The molecule has 1 aromatic carbocycles. The summed E-state index contributed by atoms with van der Waals surface area (Å²) in [7, 11) is 0. The molecule has 3 aromatic rings. The zero-order chi connectivity index (χ0) is 18.4. The Morgan fingerprint density at radius 2 is 1.92 bits per heavy atom. The van der Waals surface area contributed by atoms with E-state index in [-0.39, 0.29) is 17.1 Å². The number of H-pyrrole nitrogens is 1. The number of ether oxygens (including phenoxy) is 1. The van der Waals surface area contributed by atoms with E-state index in [0.717, 1.165) is 0 Å². The van der Waals surface area contributed by atoms with Gasteiger partial charge in [-0.25, -0.2) is 4.98 Å². The van der Waals surface area contributed by atoms with Crippen molar-refractivity contribution in [2.45, 2.75) is 24.5 Å². The number of nitrogens with one attached hydrogen (secondary N) is 1. The smallest absolute Gasteiger partial charge is 0.280 e. The monoisotopic (exact) mass is 359 g/mol. The van der Waals surface area contributed by atoms with Crippen LogP contribution in [0.4, 0.5) is 5.95 Å². The highest BCUT2D eigenvalue weighted by molar-refractivity contribution is 5.77. The molecule has 0 amide bonds. The molecule has 26 heavy (non-hydrogen) atoms.